The van der Waals surface area contributed by atoms with Gasteiger partial charge in [-0.25, -0.2) is 8.42 Å². The van der Waals surface area contributed by atoms with Crippen molar-refractivity contribution in [2.75, 3.05) is 24.5 Å². The smallest absolute Gasteiger partial charge is 0.264 e. The van der Waals surface area contributed by atoms with E-state index in [0.29, 0.717) is 18.0 Å². The Balaban J connectivity index is 1.73. The highest BCUT2D eigenvalue weighted by Gasteiger charge is 2.29. The van der Waals surface area contributed by atoms with Crippen molar-refractivity contribution in [3.63, 3.8) is 0 Å². The molecule has 0 atom stereocenters. The Hall–Kier alpha value is -3.23. The lowest BCUT2D eigenvalue weighted by Gasteiger charge is -2.26. The summed E-state index contributed by atoms with van der Waals surface area (Å²) in [5.41, 5.74) is 2.21. The maximum atomic E-state index is 13.6. The molecule has 0 aromatic heterocycles. The molecule has 0 aliphatic carbocycles. The summed E-state index contributed by atoms with van der Waals surface area (Å²) in [7, 11) is -2.65. The van der Waals surface area contributed by atoms with Crippen molar-refractivity contribution in [2.24, 2.45) is 0 Å². The maximum Gasteiger partial charge on any atom is 0.264 e. The molecule has 0 fully saturated rings. The zero-order chi connectivity index (χ0) is 27.0. The number of carbonyl (C=O) groups is 1. The Bertz CT molecular complexity index is 1310. The number of amides is 1. The second kappa shape index (κ2) is 12.8. The van der Waals surface area contributed by atoms with Crippen LogP contribution in [0.15, 0.2) is 71.6 Å². The van der Waals surface area contributed by atoms with Gasteiger partial charge in [0.25, 0.3) is 10.0 Å². The second-order valence-electron chi connectivity index (χ2n) is 8.91. The SMILES string of the molecule is COc1ccc(Cl)cc1N(CC(=O)NCCCc1cccc(OC(C)C)c1)S(=O)(=O)c1ccc(C)cc1. The standard InChI is InChI=1S/C28H33ClN2O5S/c1-20(2)36-24-9-5-7-22(17-24)8-6-16-30-28(32)19-31(26-18-23(29)12-15-27(26)35-4)37(33,34)25-13-10-21(3)11-14-25/h5,7,9-15,17-18,20H,6,8,16,19H2,1-4H3,(H,30,32). The monoisotopic (exact) mass is 544 g/mol. The topological polar surface area (TPSA) is 84.9 Å². The molecule has 1 N–H and O–H groups in total. The van der Waals surface area contributed by atoms with Gasteiger partial charge in [0.15, 0.2) is 0 Å². The summed E-state index contributed by atoms with van der Waals surface area (Å²) < 4.78 is 39.4. The van der Waals surface area contributed by atoms with Crippen molar-refractivity contribution in [3.8, 4) is 11.5 Å². The summed E-state index contributed by atoms with van der Waals surface area (Å²) in [5.74, 6) is 0.662. The van der Waals surface area contributed by atoms with Crippen LogP contribution in [0.1, 0.15) is 31.4 Å². The Morgan fingerprint density at radius 1 is 1.05 bits per heavy atom. The van der Waals surface area contributed by atoms with Crippen molar-refractivity contribution in [3.05, 3.63) is 82.9 Å². The van der Waals surface area contributed by atoms with Gasteiger partial charge in [-0.1, -0.05) is 41.4 Å². The number of sulfonamides is 1. The summed E-state index contributed by atoms with van der Waals surface area (Å²) in [6.45, 7) is 5.78. The molecule has 3 rings (SSSR count). The molecule has 0 spiro atoms. The molecule has 0 heterocycles. The van der Waals surface area contributed by atoms with Crippen molar-refractivity contribution in [1.29, 1.82) is 0 Å². The Kier molecular flexibility index (Phi) is 9.83. The third-order valence-electron chi connectivity index (χ3n) is 5.54. The summed E-state index contributed by atoms with van der Waals surface area (Å²) >= 11 is 6.18. The van der Waals surface area contributed by atoms with E-state index in [1.165, 1.54) is 25.3 Å². The quantitative estimate of drug-likeness (QED) is 0.309. The number of benzene rings is 3. The number of rotatable bonds is 12. The normalized spacial score (nSPS) is 11.3. The molecule has 0 unspecified atom stereocenters. The fourth-order valence-electron chi connectivity index (χ4n) is 3.75. The summed E-state index contributed by atoms with van der Waals surface area (Å²) in [6.07, 6.45) is 1.51. The van der Waals surface area contributed by atoms with Crippen LogP contribution in [0, 0.1) is 6.92 Å². The number of hydrogen-bond acceptors (Lipinski definition) is 5. The molecule has 3 aromatic rings. The van der Waals surface area contributed by atoms with Gasteiger partial charge < -0.3 is 14.8 Å². The van der Waals surface area contributed by atoms with Crippen LogP contribution in [0.4, 0.5) is 5.69 Å². The second-order valence-corrected chi connectivity index (χ2v) is 11.2. The zero-order valence-electron chi connectivity index (χ0n) is 21.5. The van der Waals surface area contributed by atoms with E-state index in [1.54, 1.807) is 24.3 Å². The van der Waals surface area contributed by atoms with Gasteiger partial charge in [0.2, 0.25) is 5.91 Å². The molecule has 0 saturated heterocycles. The minimum Gasteiger partial charge on any atom is -0.495 e. The minimum atomic E-state index is -4.08. The number of hydrogen-bond donors (Lipinski definition) is 1. The van der Waals surface area contributed by atoms with Crippen LogP contribution in [0.5, 0.6) is 11.5 Å². The van der Waals surface area contributed by atoms with Crippen LogP contribution >= 0.6 is 11.6 Å². The van der Waals surface area contributed by atoms with Gasteiger partial charge in [0.05, 0.1) is 23.8 Å². The van der Waals surface area contributed by atoms with Crippen LogP contribution in [0.25, 0.3) is 0 Å². The van der Waals surface area contributed by atoms with Crippen LogP contribution in [-0.4, -0.2) is 40.6 Å². The predicted octanol–water partition coefficient (Wildman–Crippen LogP) is 5.39. The van der Waals surface area contributed by atoms with Crippen molar-refractivity contribution in [1.82, 2.24) is 5.32 Å². The van der Waals surface area contributed by atoms with Crippen LogP contribution in [0.3, 0.4) is 0 Å². The van der Waals surface area contributed by atoms with E-state index in [9.17, 15) is 13.2 Å². The van der Waals surface area contributed by atoms with Crippen LogP contribution < -0.4 is 19.1 Å². The molecule has 1 amide bonds. The van der Waals surface area contributed by atoms with E-state index in [2.05, 4.69) is 5.32 Å². The number of methoxy groups -OCH3 is 1. The van der Waals surface area contributed by atoms with Crippen LogP contribution in [0.2, 0.25) is 5.02 Å². The molecule has 198 valence electrons. The van der Waals surface area contributed by atoms with E-state index in [0.717, 1.165) is 27.6 Å². The van der Waals surface area contributed by atoms with Gasteiger partial charge in [-0.2, -0.15) is 0 Å². The number of nitrogens with one attached hydrogen (secondary N) is 1. The highest BCUT2D eigenvalue weighted by Crippen LogP contribution is 2.34. The summed E-state index contributed by atoms with van der Waals surface area (Å²) in [6, 6.07) is 19.0. The fourth-order valence-corrected chi connectivity index (χ4v) is 5.34. The molecular formula is C28H33ClN2O5S. The first-order valence-electron chi connectivity index (χ1n) is 12.1. The van der Waals surface area contributed by atoms with Crippen molar-refractivity contribution >= 4 is 33.2 Å². The fraction of sp³-hybridized carbons (Fsp3) is 0.321. The number of aryl methyl sites for hydroxylation is 2. The number of carbonyl (C=O) groups excluding carboxylic acids is 1. The first-order chi connectivity index (χ1) is 17.6. The molecule has 37 heavy (non-hydrogen) atoms. The average molecular weight is 545 g/mol. The van der Waals surface area contributed by atoms with E-state index >= 15 is 0 Å². The molecule has 0 aliphatic heterocycles. The lowest BCUT2D eigenvalue weighted by Crippen LogP contribution is -2.41. The first-order valence-corrected chi connectivity index (χ1v) is 13.9. The Morgan fingerprint density at radius 3 is 2.46 bits per heavy atom. The number of anilines is 1. The van der Waals surface area contributed by atoms with E-state index in [1.807, 2.05) is 45.0 Å². The van der Waals surface area contributed by atoms with Crippen molar-refractivity contribution < 1.29 is 22.7 Å². The highest BCUT2D eigenvalue weighted by molar-refractivity contribution is 7.92. The largest absolute Gasteiger partial charge is 0.495 e. The van der Waals surface area contributed by atoms with Crippen LogP contribution in [-0.2, 0) is 21.2 Å². The Labute approximate surface area is 224 Å². The summed E-state index contributed by atoms with van der Waals surface area (Å²) in [5, 5.41) is 3.16. The van der Waals surface area contributed by atoms with Gasteiger partial charge in [-0.15, -0.1) is 0 Å². The molecule has 0 aliphatic rings. The zero-order valence-corrected chi connectivity index (χ0v) is 23.1. The van der Waals surface area contributed by atoms with Gasteiger partial charge in [0, 0.05) is 11.6 Å². The number of nitrogens with zero attached hydrogens (tertiary/aromatic N) is 1. The molecule has 0 radical (unpaired) electrons. The number of ether oxygens (including phenoxy) is 2. The minimum absolute atomic E-state index is 0.0661. The summed E-state index contributed by atoms with van der Waals surface area (Å²) in [4.78, 5) is 13.0. The Morgan fingerprint density at radius 2 is 1.78 bits per heavy atom. The van der Waals surface area contributed by atoms with Gasteiger partial charge in [-0.05, 0) is 81.6 Å². The molecule has 0 saturated carbocycles. The predicted molar refractivity (Wildman–Crippen MR) is 147 cm³/mol. The lowest BCUT2D eigenvalue weighted by atomic mass is 10.1. The highest BCUT2D eigenvalue weighted by atomic mass is 35.5. The van der Waals surface area contributed by atoms with E-state index in [-0.39, 0.29) is 22.4 Å². The maximum absolute atomic E-state index is 13.6. The molecule has 0 bridgehead atoms. The first kappa shape index (κ1) is 28.3. The van der Waals surface area contributed by atoms with E-state index < -0.39 is 22.5 Å². The van der Waals surface area contributed by atoms with Gasteiger partial charge in [-0.3, -0.25) is 9.10 Å². The molecule has 3 aromatic carbocycles. The van der Waals surface area contributed by atoms with E-state index in [4.69, 9.17) is 21.1 Å². The number of halogens is 1. The van der Waals surface area contributed by atoms with Crippen molar-refractivity contribution in [2.45, 2.75) is 44.6 Å². The molecule has 9 heteroatoms. The third kappa shape index (κ3) is 7.87. The lowest BCUT2D eigenvalue weighted by molar-refractivity contribution is -0.119. The van der Waals surface area contributed by atoms with Gasteiger partial charge >= 0.3 is 0 Å². The average Bonchev–Trinajstić information content (AvgIpc) is 2.85. The third-order valence-corrected chi connectivity index (χ3v) is 7.55. The molecular weight excluding hydrogens is 512 g/mol. The molecule has 7 nitrogen and oxygen atoms in total. The van der Waals surface area contributed by atoms with Gasteiger partial charge in [0.1, 0.15) is 18.0 Å².